The summed E-state index contributed by atoms with van der Waals surface area (Å²) in [5.41, 5.74) is 2.17. The van der Waals surface area contributed by atoms with E-state index < -0.39 is 5.41 Å². The van der Waals surface area contributed by atoms with Crippen molar-refractivity contribution in [3.63, 3.8) is 0 Å². The molecule has 5 nitrogen and oxygen atoms in total. The lowest BCUT2D eigenvalue weighted by Gasteiger charge is -2.30. The Morgan fingerprint density at radius 2 is 1.54 bits per heavy atom. The molecule has 2 rings (SSSR count). The summed E-state index contributed by atoms with van der Waals surface area (Å²) in [5, 5.41) is 21.5. The Hall–Kier alpha value is -2.37. The van der Waals surface area contributed by atoms with Crippen LogP contribution in [-0.2, 0) is 0 Å². The van der Waals surface area contributed by atoms with Crippen molar-refractivity contribution in [3.8, 4) is 11.1 Å². The average molecular weight is 328 g/mol. The highest BCUT2D eigenvalue weighted by Crippen LogP contribution is 2.21. The number of benzene rings is 2. The number of anilines is 1. The van der Waals surface area contributed by atoms with E-state index in [9.17, 15) is 15.0 Å². The van der Waals surface area contributed by atoms with Gasteiger partial charge in [0.1, 0.15) is 0 Å². The molecule has 24 heavy (non-hydrogen) atoms. The molecule has 0 atom stereocenters. The SMILES string of the molecule is CN(CC(C)(CO)CO)C(=O)Nc1ccc(-c2ccccc2)cc1. The molecule has 5 heteroatoms. The standard InChI is InChI=1S/C19H24N2O3/c1-19(13-22,14-23)12-21(2)18(24)20-17-10-8-16(9-11-17)15-6-4-3-5-7-15/h3-11,22-23H,12-14H2,1-2H3,(H,20,24). The zero-order chi connectivity index (χ0) is 17.6. The van der Waals surface area contributed by atoms with Gasteiger partial charge in [0.2, 0.25) is 0 Å². The predicted molar refractivity (Wildman–Crippen MR) is 95.8 cm³/mol. The number of rotatable bonds is 6. The van der Waals surface area contributed by atoms with Gasteiger partial charge in [-0.2, -0.15) is 0 Å². The van der Waals surface area contributed by atoms with Gasteiger partial charge >= 0.3 is 6.03 Å². The highest BCUT2D eigenvalue weighted by molar-refractivity contribution is 5.89. The minimum Gasteiger partial charge on any atom is -0.396 e. The Labute approximate surface area is 142 Å². The molecule has 2 aromatic carbocycles. The fraction of sp³-hybridized carbons (Fsp3) is 0.316. The number of nitrogens with one attached hydrogen (secondary N) is 1. The van der Waals surface area contributed by atoms with Crippen LogP contribution in [0.2, 0.25) is 0 Å². The van der Waals surface area contributed by atoms with Crippen LogP contribution < -0.4 is 5.32 Å². The van der Waals surface area contributed by atoms with E-state index in [0.29, 0.717) is 5.69 Å². The quantitative estimate of drug-likeness (QED) is 0.763. The molecule has 0 spiro atoms. The lowest BCUT2D eigenvalue weighted by molar-refractivity contribution is 0.0509. The second kappa shape index (κ2) is 7.95. The van der Waals surface area contributed by atoms with Crippen LogP contribution in [0.3, 0.4) is 0 Å². The molecule has 0 saturated carbocycles. The van der Waals surface area contributed by atoms with Crippen LogP contribution in [0.15, 0.2) is 54.6 Å². The fourth-order valence-electron chi connectivity index (χ4n) is 2.39. The number of aliphatic hydroxyl groups excluding tert-OH is 2. The van der Waals surface area contributed by atoms with Crippen LogP contribution in [0, 0.1) is 5.41 Å². The van der Waals surface area contributed by atoms with Crippen LogP contribution >= 0.6 is 0 Å². The summed E-state index contributed by atoms with van der Waals surface area (Å²) in [4.78, 5) is 13.7. The summed E-state index contributed by atoms with van der Waals surface area (Å²) < 4.78 is 0. The molecule has 0 fully saturated rings. The number of amides is 2. The van der Waals surface area contributed by atoms with Crippen molar-refractivity contribution in [2.24, 2.45) is 5.41 Å². The maximum absolute atomic E-state index is 12.2. The van der Waals surface area contributed by atoms with Crippen LogP contribution in [0.4, 0.5) is 10.5 Å². The largest absolute Gasteiger partial charge is 0.396 e. The van der Waals surface area contributed by atoms with E-state index in [1.54, 1.807) is 14.0 Å². The smallest absolute Gasteiger partial charge is 0.321 e. The van der Waals surface area contributed by atoms with Crippen molar-refractivity contribution in [2.75, 3.05) is 32.1 Å². The number of carbonyl (C=O) groups excluding carboxylic acids is 1. The maximum Gasteiger partial charge on any atom is 0.321 e. The van der Waals surface area contributed by atoms with Crippen LogP contribution in [0.5, 0.6) is 0 Å². The molecule has 0 bridgehead atoms. The molecule has 0 saturated heterocycles. The Morgan fingerprint density at radius 3 is 2.08 bits per heavy atom. The molecule has 0 aromatic heterocycles. The van der Waals surface area contributed by atoms with E-state index in [1.807, 2.05) is 54.6 Å². The second-order valence-electron chi connectivity index (χ2n) is 6.36. The van der Waals surface area contributed by atoms with E-state index in [-0.39, 0.29) is 25.8 Å². The Kier molecular flexibility index (Phi) is 5.95. The van der Waals surface area contributed by atoms with Gasteiger partial charge in [0.25, 0.3) is 0 Å². The third kappa shape index (κ3) is 4.57. The first-order valence-electron chi connectivity index (χ1n) is 7.87. The van der Waals surface area contributed by atoms with Crippen molar-refractivity contribution >= 4 is 11.7 Å². The van der Waals surface area contributed by atoms with Gasteiger partial charge in [-0.15, -0.1) is 0 Å². The lowest BCUT2D eigenvalue weighted by atomic mass is 9.92. The normalized spacial score (nSPS) is 11.2. The summed E-state index contributed by atoms with van der Waals surface area (Å²) in [6.45, 7) is 1.61. The van der Waals surface area contributed by atoms with Gasteiger partial charge in [-0.1, -0.05) is 49.4 Å². The molecule has 0 aliphatic rings. The van der Waals surface area contributed by atoms with Gasteiger partial charge in [-0.05, 0) is 23.3 Å². The van der Waals surface area contributed by atoms with E-state index >= 15 is 0 Å². The first-order valence-corrected chi connectivity index (χ1v) is 7.87. The number of aliphatic hydroxyl groups is 2. The highest BCUT2D eigenvalue weighted by atomic mass is 16.3. The molecule has 0 aliphatic heterocycles. The minimum absolute atomic E-state index is 0.188. The van der Waals surface area contributed by atoms with Crippen LogP contribution in [-0.4, -0.2) is 48.0 Å². The summed E-state index contributed by atoms with van der Waals surface area (Å²) in [7, 11) is 1.64. The molecule has 128 valence electrons. The van der Waals surface area contributed by atoms with Crippen molar-refractivity contribution in [3.05, 3.63) is 54.6 Å². The first kappa shape index (κ1) is 18.0. The molecule has 3 N–H and O–H groups in total. The number of hydrogen-bond acceptors (Lipinski definition) is 3. The Balaban J connectivity index is 1.99. The topological polar surface area (TPSA) is 72.8 Å². The molecular formula is C19H24N2O3. The molecule has 0 radical (unpaired) electrons. The number of nitrogens with zero attached hydrogens (tertiary/aromatic N) is 1. The third-order valence-electron chi connectivity index (χ3n) is 3.97. The van der Waals surface area contributed by atoms with Gasteiger partial charge in [-0.3, -0.25) is 0 Å². The van der Waals surface area contributed by atoms with Crippen LogP contribution in [0.25, 0.3) is 11.1 Å². The number of hydrogen-bond donors (Lipinski definition) is 3. The average Bonchev–Trinajstić information content (AvgIpc) is 2.63. The predicted octanol–water partition coefficient (Wildman–Crippen LogP) is 2.81. The Morgan fingerprint density at radius 1 is 1.00 bits per heavy atom. The van der Waals surface area contributed by atoms with Gasteiger partial charge in [-0.25, -0.2) is 4.79 Å². The zero-order valence-corrected chi connectivity index (χ0v) is 14.1. The zero-order valence-electron chi connectivity index (χ0n) is 14.1. The van der Waals surface area contributed by atoms with Crippen molar-refractivity contribution in [2.45, 2.75) is 6.92 Å². The third-order valence-corrected chi connectivity index (χ3v) is 3.97. The molecule has 0 aliphatic carbocycles. The fourth-order valence-corrected chi connectivity index (χ4v) is 2.39. The van der Waals surface area contributed by atoms with Gasteiger partial charge < -0.3 is 20.4 Å². The molecule has 0 unspecified atom stereocenters. The van der Waals surface area contributed by atoms with Gasteiger partial charge in [0, 0.05) is 24.7 Å². The summed E-state index contributed by atoms with van der Waals surface area (Å²) in [6.07, 6.45) is 0. The van der Waals surface area contributed by atoms with E-state index in [1.165, 1.54) is 4.90 Å². The summed E-state index contributed by atoms with van der Waals surface area (Å²) >= 11 is 0. The van der Waals surface area contributed by atoms with Gasteiger partial charge in [0.05, 0.1) is 13.2 Å². The van der Waals surface area contributed by atoms with Crippen molar-refractivity contribution in [1.29, 1.82) is 0 Å². The molecule has 0 heterocycles. The molecule has 2 aromatic rings. The molecule has 2 amide bonds. The maximum atomic E-state index is 12.2. The van der Waals surface area contributed by atoms with E-state index in [0.717, 1.165) is 11.1 Å². The number of carbonyl (C=O) groups is 1. The van der Waals surface area contributed by atoms with Gasteiger partial charge in [0.15, 0.2) is 0 Å². The van der Waals surface area contributed by atoms with Crippen LogP contribution in [0.1, 0.15) is 6.92 Å². The minimum atomic E-state index is -0.719. The van der Waals surface area contributed by atoms with E-state index in [4.69, 9.17) is 0 Å². The first-order chi connectivity index (χ1) is 11.5. The van der Waals surface area contributed by atoms with Crippen molar-refractivity contribution < 1.29 is 15.0 Å². The number of urea groups is 1. The monoisotopic (exact) mass is 328 g/mol. The highest BCUT2D eigenvalue weighted by Gasteiger charge is 2.26. The van der Waals surface area contributed by atoms with E-state index in [2.05, 4.69) is 5.32 Å². The van der Waals surface area contributed by atoms with Crippen molar-refractivity contribution in [1.82, 2.24) is 4.90 Å². The Bertz CT molecular complexity index is 652. The second-order valence-corrected chi connectivity index (χ2v) is 6.36. The summed E-state index contributed by atoms with van der Waals surface area (Å²) in [6, 6.07) is 17.3. The molecular weight excluding hydrogens is 304 g/mol. The lowest BCUT2D eigenvalue weighted by Crippen LogP contribution is -2.43. The summed E-state index contributed by atoms with van der Waals surface area (Å²) in [5.74, 6) is 0.